The van der Waals surface area contributed by atoms with Gasteiger partial charge in [0.15, 0.2) is 0 Å². The molecule has 64 valence electrons. The third-order valence-electron chi connectivity index (χ3n) is 1.53. The second-order valence-electron chi connectivity index (χ2n) is 3.03. The van der Waals surface area contributed by atoms with Crippen LogP contribution in [0.5, 0.6) is 0 Å². The van der Waals surface area contributed by atoms with E-state index in [1.54, 1.807) is 6.20 Å². The molecule has 0 aliphatic heterocycles. The summed E-state index contributed by atoms with van der Waals surface area (Å²) in [4.78, 5) is 6.13. The van der Waals surface area contributed by atoms with Gasteiger partial charge in [-0.3, -0.25) is 4.99 Å². The maximum Gasteiger partial charge on any atom is 0.102 e. The Morgan fingerprint density at radius 1 is 1.64 bits per heavy atom. The highest BCUT2D eigenvalue weighted by Gasteiger charge is 2.03. The molecule has 0 N–H and O–H groups in total. The Morgan fingerprint density at radius 2 is 2.18 bits per heavy atom. The maximum absolute atomic E-state index is 4.17. The summed E-state index contributed by atoms with van der Waals surface area (Å²) in [5.74, 6) is 1.74. The number of aliphatic imine (C=N–C) groups is 1. The van der Waals surface area contributed by atoms with E-state index < -0.39 is 0 Å². The molecule has 0 aliphatic rings. The van der Waals surface area contributed by atoms with Gasteiger partial charge in [0.25, 0.3) is 0 Å². The van der Waals surface area contributed by atoms with Gasteiger partial charge in [-0.2, -0.15) is 0 Å². The molecule has 0 fully saturated rings. The van der Waals surface area contributed by atoms with E-state index in [-0.39, 0.29) is 0 Å². The van der Waals surface area contributed by atoms with Gasteiger partial charge in [-0.1, -0.05) is 20.4 Å². The van der Waals surface area contributed by atoms with Gasteiger partial charge >= 0.3 is 0 Å². The zero-order valence-electron chi connectivity index (χ0n) is 7.96. The molecule has 0 heterocycles. The van der Waals surface area contributed by atoms with Gasteiger partial charge in [0, 0.05) is 20.5 Å². The number of amidine groups is 1. The van der Waals surface area contributed by atoms with E-state index in [0.717, 1.165) is 12.3 Å². The Labute approximate surface area is 69.6 Å². The lowest BCUT2D eigenvalue weighted by atomic mass is 10.1. The zero-order valence-corrected chi connectivity index (χ0v) is 7.96. The minimum Gasteiger partial charge on any atom is -0.340 e. The minimum absolute atomic E-state index is 0.649. The molecule has 0 saturated heterocycles. The monoisotopic (exact) mass is 154 g/mol. The fraction of sp³-hybridized carbons (Fsp3) is 0.667. The minimum atomic E-state index is 0.649. The Balaban J connectivity index is 4.07. The number of nitrogens with zero attached hydrogens (tertiary/aromatic N) is 2. The van der Waals surface area contributed by atoms with E-state index in [9.17, 15) is 0 Å². The van der Waals surface area contributed by atoms with Gasteiger partial charge in [0.05, 0.1) is 0 Å². The van der Waals surface area contributed by atoms with Gasteiger partial charge in [-0.05, 0) is 12.1 Å². The van der Waals surface area contributed by atoms with Gasteiger partial charge in [0.1, 0.15) is 5.84 Å². The average molecular weight is 154 g/mol. The molecular formula is C9H18N2. The molecule has 0 spiro atoms. The quantitative estimate of drug-likeness (QED) is 0.449. The first-order valence-electron chi connectivity index (χ1n) is 3.92. The van der Waals surface area contributed by atoms with E-state index in [0.29, 0.717) is 5.92 Å². The molecule has 11 heavy (non-hydrogen) atoms. The first kappa shape index (κ1) is 10.2. The lowest BCUT2D eigenvalue weighted by molar-refractivity contribution is 0.601. The van der Waals surface area contributed by atoms with E-state index in [1.807, 2.05) is 19.0 Å². The van der Waals surface area contributed by atoms with Crippen molar-refractivity contribution in [2.24, 2.45) is 10.9 Å². The van der Waals surface area contributed by atoms with Crippen LogP contribution < -0.4 is 0 Å². The molecule has 0 atom stereocenters. The zero-order chi connectivity index (χ0) is 8.85. The predicted octanol–water partition coefficient (Wildman–Crippen LogP) is 2.14. The predicted molar refractivity (Wildman–Crippen MR) is 50.8 cm³/mol. The Bertz CT molecular complexity index is 148. The van der Waals surface area contributed by atoms with Crippen LogP contribution in [-0.2, 0) is 0 Å². The normalized spacial score (nSPS) is 11.9. The van der Waals surface area contributed by atoms with Crippen LogP contribution >= 0.6 is 0 Å². The second-order valence-corrected chi connectivity index (χ2v) is 3.03. The highest BCUT2D eigenvalue weighted by Crippen LogP contribution is 2.04. The fourth-order valence-corrected chi connectivity index (χ4v) is 0.864. The molecule has 0 aromatic heterocycles. The highest BCUT2D eigenvalue weighted by atomic mass is 15.1. The summed E-state index contributed by atoms with van der Waals surface area (Å²) < 4.78 is 0. The first-order chi connectivity index (χ1) is 5.11. The standard InChI is InChI=1S/C9H18N2/c1-6-11(5)9(10-4)7-8(2)3/h6,8H,1,7H2,2-5H3/b10-9-. The second kappa shape index (κ2) is 4.94. The highest BCUT2D eigenvalue weighted by molar-refractivity contribution is 5.82. The Morgan fingerprint density at radius 3 is 2.45 bits per heavy atom. The molecule has 2 nitrogen and oxygen atoms in total. The molecule has 0 amide bonds. The van der Waals surface area contributed by atoms with E-state index in [4.69, 9.17) is 0 Å². The van der Waals surface area contributed by atoms with Crippen molar-refractivity contribution in [3.63, 3.8) is 0 Å². The average Bonchev–Trinajstić information content (AvgIpc) is 1.98. The van der Waals surface area contributed by atoms with E-state index in [2.05, 4.69) is 25.4 Å². The topological polar surface area (TPSA) is 15.6 Å². The molecule has 0 aromatic rings. The SMILES string of the molecule is C=CN(C)/C(CC(C)C)=N\C. The van der Waals surface area contributed by atoms with Gasteiger partial charge in [-0.15, -0.1) is 0 Å². The van der Waals surface area contributed by atoms with Crippen molar-refractivity contribution < 1.29 is 0 Å². The largest absolute Gasteiger partial charge is 0.340 e. The third-order valence-corrected chi connectivity index (χ3v) is 1.53. The van der Waals surface area contributed by atoms with Crippen LogP contribution in [0.1, 0.15) is 20.3 Å². The van der Waals surface area contributed by atoms with Crippen LogP contribution in [0, 0.1) is 5.92 Å². The number of hydrogen-bond donors (Lipinski definition) is 0. The fourth-order valence-electron chi connectivity index (χ4n) is 0.864. The van der Waals surface area contributed by atoms with Gasteiger partial charge < -0.3 is 4.90 Å². The molecule has 0 aromatic carbocycles. The Hall–Kier alpha value is -0.790. The van der Waals surface area contributed by atoms with Crippen molar-refractivity contribution in [3.05, 3.63) is 12.8 Å². The molecular weight excluding hydrogens is 136 g/mol. The maximum atomic E-state index is 4.17. The summed E-state index contributed by atoms with van der Waals surface area (Å²) in [5, 5.41) is 0. The summed E-state index contributed by atoms with van der Waals surface area (Å²) in [6.45, 7) is 8.05. The third kappa shape index (κ3) is 3.81. The van der Waals surface area contributed by atoms with Crippen molar-refractivity contribution >= 4 is 5.84 Å². The summed E-state index contributed by atoms with van der Waals surface area (Å²) >= 11 is 0. The van der Waals surface area contributed by atoms with Gasteiger partial charge in [0.2, 0.25) is 0 Å². The molecule has 0 radical (unpaired) electrons. The smallest absolute Gasteiger partial charge is 0.102 e. The van der Waals surface area contributed by atoms with Crippen LogP contribution in [0.25, 0.3) is 0 Å². The summed E-state index contributed by atoms with van der Waals surface area (Å²) in [7, 11) is 3.79. The van der Waals surface area contributed by atoms with Crippen molar-refractivity contribution in [3.8, 4) is 0 Å². The Kier molecular flexibility index (Phi) is 4.59. The van der Waals surface area contributed by atoms with Crippen LogP contribution in [0.2, 0.25) is 0 Å². The lowest BCUT2D eigenvalue weighted by Gasteiger charge is -2.17. The van der Waals surface area contributed by atoms with Crippen LogP contribution in [0.4, 0.5) is 0 Å². The summed E-state index contributed by atoms with van der Waals surface area (Å²) in [5.41, 5.74) is 0. The van der Waals surface area contributed by atoms with Crippen molar-refractivity contribution in [2.75, 3.05) is 14.1 Å². The van der Waals surface area contributed by atoms with Crippen LogP contribution in [0.3, 0.4) is 0 Å². The molecule has 0 saturated carbocycles. The van der Waals surface area contributed by atoms with Crippen molar-refractivity contribution in [2.45, 2.75) is 20.3 Å². The van der Waals surface area contributed by atoms with Crippen LogP contribution in [-0.4, -0.2) is 24.8 Å². The first-order valence-corrected chi connectivity index (χ1v) is 3.92. The lowest BCUT2D eigenvalue weighted by Crippen LogP contribution is -2.22. The molecule has 0 rings (SSSR count). The molecule has 2 heteroatoms. The van der Waals surface area contributed by atoms with Crippen LogP contribution in [0.15, 0.2) is 17.8 Å². The molecule has 0 bridgehead atoms. The molecule has 0 aliphatic carbocycles. The number of hydrogen-bond acceptors (Lipinski definition) is 1. The number of rotatable bonds is 3. The summed E-state index contributed by atoms with van der Waals surface area (Å²) in [6.07, 6.45) is 2.80. The summed E-state index contributed by atoms with van der Waals surface area (Å²) in [6, 6.07) is 0. The van der Waals surface area contributed by atoms with Gasteiger partial charge in [-0.25, -0.2) is 0 Å². The van der Waals surface area contributed by atoms with E-state index in [1.165, 1.54) is 0 Å². The van der Waals surface area contributed by atoms with Crippen molar-refractivity contribution in [1.29, 1.82) is 0 Å². The van der Waals surface area contributed by atoms with E-state index >= 15 is 0 Å². The molecule has 0 unspecified atom stereocenters. The van der Waals surface area contributed by atoms with Crippen molar-refractivity contribution in [1.82, 2.24) is 4.90 Å².